The predicted octanol–water partition coefficient (Wildman–Crippen LogP) is 2.03. The van der Waals surface area contributed by atoms with Crippen LogP contribution in [0, 0.1) is 12.8 Å². The van der Waals surface area contributed by atoms with Gasteiger partial charge in [-0.05, 0) is 37.8 Å². The first-order valence-corrected chi connectivity index (χ1v) is 6.78. The normalized spacial score (nSPS) is 18.2. The molecule has 1 unspecified atom stereocenters. The van der Waals surface area contributed by atoms with E-state index in [1.807, 2.05) is 0 Å². The van der Waals surface area contributed by atoms with Crippen LogP contribution in [0.3, 0.4) is 0 Å². The number of aliphatic carboxylic acids is 1. The molecule has 1 aromatic rings. The fourth-order valence-corrected chi connectivity index (χ4v) is 2.61. The molecular weight excluding hydrogens is 258 g/mol. The van der Waals surface area contributed by atoms with Gasteiger partial charge in [0, 0.05) is 30.6 Å². The first-order chi connectivity index (χ1) is 9.49. The lowest BCUT2D eigenvalue weighted by molar-refractivity contribution is -0.137. The smallest absolute Gasteiger partial charge is 0.303 e. The Morgan fingerprint density at radius 1 is 1.40 bits per heavy atom. The van der Waals surface area contributed by atoms with Crippen LogP contribution in [0.15, 0.2) is 18.2 Å². The number of likely N-dealkylation sites (tertiary alicyclic amines) is 1. The van der Waals surface area contributed by atoms with E-state index in [9.17, 15) is 14.7 Å². The van der Waals surface area contributed by atoms with Gasteiger partial charge in [0.05, 0.1) is 0 Å². The lowest BCUT2D eigenvalue weighted by atomic mass is 10.0. The van der Waals surface area contributed by atoms with Crippen LogP contribution in [-0.2, 0) is 4.79 Å². The molecule has 1 aliphatic rings. The van der Waals surface area contributed by atoms with Crippen LogP contribution in [0.1, 0.15) is 35.2 Å². The van der Waals surface area contributed by atoms with Gasteiger partial charge in [0.1, 0.15) is 5.75 Å². The van der Waals surface area contributed by atoms with Gasteiger partial charge in [0.15, 0.2) is 0 Å². The van der Waals surface area contributed by atoms with Gasteiger partial charge < -0.3 is 15.1 Å². The number of carbonyl (C=O) groups excluding carboxylic acids is 1. The predicted molar refractivity (Wildman–Crippen MR) is 73.7 cm³/mol. The third-order valence-electron chi connectivity index (χ3n) is 3.88. The molecule has 1 aliphatic heterocycles. The molecule has 20 heavy (non-hydrogen) atoms. The summed E-state index contributed by atoms with van der Waals surface area (Å²) in [5.74, 6) is -0.500. The molecule has 1 fully saturated rings. The number of carboxylic acid groups (broad SMARTS) is 1. The van der Waals surface area contributed by atoms with Crippen LogP contribution in [0.25, 0.3) is 0 Å². The van der Waals surface area contributed by atoms with Gasteiger partial charge in [-0.1, -0.05) is 6.07 Å². The molecule has 108 valence electrons. The number of benzene rings is 1. The highest BCUT2D eigenvalue weighted by atomic mass is 16.4. The van der Waals surface area contributed by atoms with E-state index >= 15 is 0 Å². The van der Waals surface area contributed by atoms with E-state index in [2.05, 4.69) is 0 Å². The van der Waals surface area contributed by atoms with E-state index in [0.717, 1.165) is 6.42 Å². The van der Waals surface area contributed by atoms with E-state index in [-0.39, 0.29) is 24.0 Å². The molecule has 1 saturated heterocycles. The Morgan fingerprint density at radius 3 is 2.85 bits per heavy atom. The second-order valence-electron chi connectivity index (χ2n) is 5.29. The SMILES string of the molecule is Cc1c(O)cccc1C(=O)N1CCC(CCC(=O)O)C1. The van der Waals surface area contributed by atoms with Crippen molar-refractivity contribution in [2.75, 3.05) is 13.1 Å². The summed E-state index contributed by atoms with van der Waals surface area (Å²) in [7, 11) is 0. The van der Waals surface area contributed by atoms with Crippen LogP contribution in [0.5, 0.6) is 5.75 Å². The number of carboxylic acids is 1. The van der Waals surface area contributed by atoms with E-state index < -0.39 is 5.97 Å². The minimum Gasteiger partial charge on any atom is -0.508 e. The summed E-state index contributed by atoms with van der Waals surface area (Å²) in [5, 5.41) is 18.3. The number of phenols is 1. The molecule has 1 aromatic carbocycles. The lowest BCUT2D eigenvalue weighted by Gasteiger charge is -2.18. The van der Waals surface area contributed by atoms with E-state index in [0.29, 0.717) is 30.6 Å². The average molecular weight is 277 g/mol. The highest BCUT2D eigenvalue weighted by Crippen LogP contribution is 2.26. The van der Waals surface area contributed by atoms with Crippen LogP contribution in [0.4, 0.5) is 0 Å². The van der Waals surface area contributed by atoms with Crippen molar-refractivity contribution >= 4 is 11.9 Å². The fourth-order valence-electron chi connectivity index (χ4n) is 2.61. The zero-order valence-corrected chi connectivity index (χ0v) is 11.5. The van der Waals surface area contributed by atoms with Crippen molar-refractivity contribution in [3.05, 3.63) is 29.3 Å². The minimum absolute atomic E-state index is 0.0868. The van der Waals surface area contributed by atoms with Crippen molar-refractivity contribution in [1.82, 2.24) is 4.90 Å². The van der Waals surface area contributed by atoms with Gasteiger partial charge >= 0.3 is 5.97 Å². The standard InChI is InChI=1S/C15H19NO4/c1-10-12(3-2-4-13(10)17)15(20)16-8-7-11(9-16)5-6-14(18)19/h2-4,11,17H,5-9H2,1H3,(H,18,19). The summed E-state index contributed by atoms with van der Waals surface area (Å²) in [5.41, 5.74) is 1.11. The number of rotatable bonds is 4. The van der Waals surface area contributed by atoms with E-state index in [1.54, 1.807) is 30.0 Å². The maximum absolute atomic E-state index is 12.4. The third-order valence-corrected chi connectivity index (χ3v) is 3.88. The Balaban J connectivity index is 2.01. The van der Waals surface area contributed by atoms with Gasteiger partial charge in [0.25, 0.3) is 5.91 Å². The van der Waals surface area contributed by atoms with Gasteiger partial charge in [-0.2, -0.15) is 0 Å². The Morgan fingerprint density at radius 2 is 2.15 bits per heavy atom. The Labute approximate surface area is 117 Å². The molecule has 1 heterocycles. The summed E-state index contributed by atoms with van der Waals surface area (Å²) in [6, 6.07) is 4.93. The lowest BCUT2D eigenvalue weighted by Crippen LogP contribution is -2.29. The van der Waals surface area contributed by atoms with Gasteiger partial charge in [-0.3, -0.25) is 9.59 Å². The van der Waals surface area contributed by atoms with Crippen molar-refractivity contribution < 1.29 is 19.8 Å². The molecule has 5 nitrogen and oxygen atoms in total. The summed E-state index contributed by atoms with van der Waals surface area (Å²) >= 11 is 0. The first-order valence-electron chi connectivity index (χ1n) is 6.78. The summed E-state index contributed by atoms with van der Waals surface area (Å²) in [6.07, 6.45) is 1.60. The highest BCUT2D eigenvalue weighted by Gasteiger charge is 2.28. The molecule has 0 aromatic heterocycles. The van der Waals surface area contributed by atoms with Crippen molar-refractivity contribution in [2.24, 2.45) is 5.92 Å². The van der Waals surface area contributed by atoms with Gasteiger partial charge in [-0.15, -0.1) is 0 Å². The second kappa shape index (κ2) is 5.94. The molecule has 1 atom stereocenters. The Kier molecular flexibility index (Phi) is 4.27. The largest absolute Gasteiger partial charge is 0.508 e. The molecule has 0 bridgehead atoms. The summed E-state index contributed by atoms with van der Waals surface area (Å²) in [4.78, 5) is 24.7. The zero-order valence-electron chi connectivity index (χ0n) is 11.5. The van der Waals surface area contributed by atoms with Crippen molar-refractivity contribution in [2.45, 2.75) is 26.2 Å². The van der Waals surface area contributed by atoms with Crippen molar-refractivity contribution in [1.29, 1.82) is 0 Å². The molecule has 2 N–H and O–H groups in total. The number of aromatic hydroxyl groups is 1. The van der Waals surface area contributed by atoms with E-state index in [1.165, 1.54) is 0 Å². The molecule has 0 aliphatic carbocycles. The van der Waals surface area contributed by atoms with Crippen molar-refractivity contribution in [3.63, 3.8) is 0 Å². The molecule has 2 rings (SSSR count). The number of hydrogen-bond donors (Lipinski definition) is 2. The number of hydrogen-bond acceptors (Lipinski definition) is 3. The Bertz CT molecular complexity index is 527. The number of amides is 1. The molecule has 0 spiro atoms. The Hall–Kier alpha value is -2.04. The van der Waals surface area contributed by atoms with Crippen molar-refractivity contribution in [3.8, 4) is 5.75 Å². The number of carbonyl (C=O) groups is 2. The van der Waals surface area contributed by atoms with Crippen LogP contribution in [0.2, 0.25) is 0 Å². The average Bonchev–Trinajstić information content (AvgIpc) is 2.87. The maximum Gasteiger partial charge on any atom is 0.303 e. The summed E-state index contributed by atoms with van der Waals surface area (Å²) < 4.78 is 0. The minimum atomic E-state index is -0.793. The topological polar surface area (TPSA) is 77.8 Å². The van der Waals surface area contributed by atoms with Gasteiger partial charge in [0.2, 0.25) is 0 Å². The maximum atomic E-state index is 12.4. The molecule has 0 saturated carbocycles. The number of phenolic OH excluding ortho intramolecular Hbond substituents is 1. The zero-order chi connectivity index (χ0) is 14.7. The molecule has 0 radical (unpaired) electrons. The summed E-state index contributed by atoms with van der Waals surface area (Å²) in [6.45, 7) is 2.97. The monoisotopic (exact) mass is 277 g/mol. The second-order valence-corrected chi connectivity index (χ2v) is 5.29. The van der Waals surface area contributed by atoms with Crippen LogP contribution < -0.4 is 0 Å². The van der Waals surface area contributed by atoms with Crippen LogP contribution >= 0.6 is 0 Å². The molecular formula is C15H19NO4. The quantitative estimate of drug-likeness (QED) is 0.882. The first kappa shape index (κ1) is 14.4. The number of nitrogens with zero attached hydrogens (tertiary/aromatic N) is 1. The van der Waals surface area contributed by atoms with Gasteiger partial charge in [-0.25, -0.2) is 0 Å². The molecule has 5 heteroatoms. The highest BCUT2D eigenvalue weighted by molar-refractivity contribution is 5.96. The third kappa shape index (κ3) is 3.10. The fraction of sp³-hybridized carbons (Fsp3) is 0.467. The molecule has 1 amide bonds. The van der Waals surface area contributed by atoms with Crippen LogP contribution in [-0.4, -0.2) is 40.1 Å². The van der Waals surface area contributed by atoms with E-state index in [4.69, 9.17) is 5.11 Å².